The normalized spacial score (nSPS) is 14.6. The number of halogens is 1. The van der Waals surface area contributed by atoms with Crippen molar-refractivity contribution in [1.29, 1.82) is 0 Å². The van der Waals surface area contributed by atoms with Crippen molar-refractivity contribution < 1.29 is 13.9 Å². The zero-order valence-corrected chi connectivity index (χ0v) is 17.9. The molecule has 6 heteroatoms. The maximum atomic E-state index is 14.4. The number of hydrogen-bond donors (Lipinski definition) is 0. The number of pyridine rings is 1. The van der Waals surface area contributed by atoms with E-state index in [0.717, 1.165) is 26.1 Å². The van der Waals surface area contributed by atoms with Crippen LogP contribution in [0, 0.1) is 5.82 Å². The molecule has 5 nitrogen and oxygen atoms in total. The Morgan fingerprint density at radius 3 is 2.56 bits per heavy atom. The highest BCUT2D eigenvalue weighted by Gasteiger charge is 2.19. The SMILES string of the molecule is O=C(/C=C/c1ccc(Oc2cccnc2)c(F)c1)N1CCN(CCc2ccccc2)CC1. The second-order valence-corrected chi connectivity index (χ2v) is 7.72. The average Bonchev–Trinajstić information content (AvgIpc) is 2.84. The molecule has 0 N–H and O–H groups in total. The predicted octanol–water partition coefficient (Wildman–Crippen LogP) is 4.41. The van der Waals surface area contributed by atoms with E-state index in [2.05, 4.69) is 34.1 Å². The van der Waals surface area contributed by atoms with Crippen molar-refractivity contribution in [3.05, 3.63) is 96.1 Å². The van der Waals surface area contributed by atoms with Crippen molar-refractivity contribution in [1.82, 2.24) is 14.8 Å². The third-order valence-corrected chi connectivity index (χ3v) is 5.48. The number of carbonyl (C=O) groups excluding carboxylic acids is 1. The molecular formula is C26H26FN3O2. The molecule has 164 valence electrons. The standard InChI is InChI=1S/C26H26FN3O2/c27-24-19-22(8-10-25(24)32-23-7-4-13-28-20-23)9-11-26(31)30-17-15-29(16-18-30)14-12-21-5-2-1-3-6-21/h1-11,13,19-20H,12,14-18H2/b11-9+. The van der Waals surface area contributed by atoms with Crippen molar-refractivity contribution >= 4 is 12.0 Å². The number of rotatable bonds is 7. The van der Waals surface area contributed by atoms with Crippen LogP contribution < -0.4 is 4.74 Å². The average molecular weight is 432 g/mol. The van der Waals surface area contributed by atoms with Gasteiger partial charge in [0.15, 0.2) is 11.6 Å². The monoisotopic (exact) mass is 431 g/mol. The molecule has 2 aromatic carbocycles. The molecule has 0 atom stereocenters. The van der Waals surface area contributed by atoms with Gasteiger partial charge in [0.25, 0.3) is 0 Å². The Morgan fingerprint density at radius 2 is 1.84 bits per heavy atom. The fourth-order valence-corrected chi connectivity index (χ4v) is 3.63. The maximum absolute atomic E-state index is 14.4. The van der Waals surface area contributed by atoms with Gasteiger partial charge in [0.1, 0.15) is 5.75 Å². The van der Waals surface area contributed by atoms with E-state index in [1.54, 1.807) is 36.5 Å². The molecular weight excluding hydrogens is 405 g/mol. The largest absolute Gasteiger partial charge is 0.453 e. The number of nitrogens with zero attached hydrogens (tertiary/aromatic N) is 3. The number of aromatic nitrogens is 1. The van der Waals surface area contributed by atoms with Crippen LogP contribution in [-0.4, -0.2) is 53.4 Å². The summed E-state index contributed by atoms with van der Waals surface area (Å²) in [5.41, 5.74) is 1.94. The van der Waals surface area contributed by atoms with Crippen LogP contribution in [0.2, 0.25) is 0 Å². The van der Waals surface area contributed by atoms with Crippen LogP contribution in [0.1, 0.15) is 11.1 Å². The fraction of sp³-hybridized carbons (Fsp3) is 0.231. The van der Waals surface area contributed by atoms with E-state index in [9.17, 15) is 9.18 Å². The zero-order valence-electron chi connectivity index (χ0n) is 17.9. The molecule has 1 fully saturated rings. The molecule has 1 amide bonds. The first-order chi connectivity index (χ1) is 15.7. The van der Waals surface area contributed by atoms with E-state index in [4.69, 9.17) is 4.74 Å². The van der Waals surface area contributed by atoms with E-state index in [1.165, 1.54) is 23.9 Å². The lowest BCUT2D eigenvalue weighted by atomic mass is 10.1. The summed E-state index contributed by atoms with van der Waals surface area (Å²) in [4.78, 5) is 20.7. The Labute approximate surface area is 187 Å². The molecule has 1 saturated heterocycles. The van der Waals surface area contributed by atoms with Gasteiger partial charge < -0.3 is 9.64 Å². The van der Waals surface area contributed by atoms with Gasteiger partial charge in [-0.1, -0.05) is 36.4 Å². The summed E-state index contributed by atoms with van der Waals surface area (Å²) in [5, 5.41) is 0. The van der Waals surface area contributed by atoms with Crippen molar-refractivity contribution in [3.8, 4) is 11.5 Å². The van der Waals surface area contributed by atoms with E-state index < -0.39 is 5.82 Å². The Bertz CT molecular complexity index is 1050. The highest BCUT2D eigenvalue weighted by atomic mass is 19.1. The molecule has 4 rings (SSSR count). The first-order valence-corrected chi connectivity index (χ1v) is 10.8. The second-order valence-electron chi connectivity index (χ2n) is 7.72. The molecule has 0 aliphatic carbocycles. The van der Waals surface area contributed by atoms with Crippen molar-refractivity contribution in [2.24, 2.45) is 0 Å². The van der Waals surface area contributed by atoms with Crippen molar-refractivity contribution in [3.63, 3.8) is 0 Å². The number of piperazine rings is 1. The van der Waals surface area contributed by atoms with Gasteiger partial charge >= 0.3 is 0 Å². The third kappa shape index (κ3) is 6.02. The van der Waals surface area contributed by atoms with Gasteiger partial charge in [0.2, 0.25) is 5.91 Å². The molecule has 0 bridgehead atoms. The van der Waals surface area contributed by atoms with Gasteiger partial charge in [-0.05, 0) is 47.9 Å². The molecule has 2 heterocycles. The molecule has 3 aromatic rings. The topological polar surface area (TPSA) is 45.7 Å². The molecule has 0 unspecified atom stereocenters. The summed E-state index contributed by atoms with van der Waals surface area (Å²) in [6, 6.07) is 18.5. The van der Waals surface area contributed by atoms with E-state index in [-0.39, 0.29) is 11.7 Å². The number of carbonyl (C=O) groups is 1. The lowest BCUT2D eigenvalue weighted by molar-refractivity contribution is -0.127. The van der Waals surface area contributed by atoms with Crippen LogP contribution in [0.5, 0.6) is 11.5 Å². The van der Waals surface area contributed by atoms with E-state index >= 15 is 0 Å². The van der Waals surface area contributed by atoms with Gasteiger partial charge in [-0.2, -0.15) is 0 Å². The highest BCUT2D eigenvalue weighted by molar-refractivity contribution is 5.91. The highest BCUT2D eigenvalue weighted by Crippen LogP contribution is 2.24. The fourth-order valence-electron chi connectivity index (χ4n) is 3.63. The summed E-state index contributed by atoms with van der Waals surface area (Å²) in [5.74, 6) is 0.0418. The van der Waals surface area contributed by atoms with Crippen LogP contribution in [-0.2, 0) is 11.2 Å². The maximum Gasteiger partial charge on any atom is 0.246 e. The van der Waals surface area contributed by atoms with Gasteiger partial charge in [0.05, 0.1) is 6.20 Å². The predicted molar refractivity (Wildman–Crippen MR) is 123 cm³/mol. The number of amides is 1. The van der Waals surface area contributed by atoms with Crippen LogP contribution in [0.3, 0.4) is 0 Å². The zero-order chi connectivity index (χ0) is 22.2. The van der Waals surface area contributed by atoms with Gasteiger partial charge in [-0.3, -0.25) is 14.7 Å². The second kappa shape index (κ2) is 10.7. The van der Waals surface area contributed by atoms with Crippen LogP contribution in [0.15, 0.2) is 79.1 Å². The third-order valence-electron chi connectivity index (χ3n) is 5.48. The van der Waals surface area contributed by atoms with Gasteiger partial charge in [-0.15, -0.1) is 0 Å². The lowest BCUT2D eigenvalue weighted by Gasteiger charge is -2.34. The smallest absolute Gasteiger partial charge is 0.246 e. The van der Waals surface area contributed by atoms with E-state index in [0.29, 0.717) is 24.4 Å². The van der Waals surface area contributed by atoms with Crippen molar-refractivity contribution in [2.75, 3.05) is 32.7 Å². The molecule has 1 aromatic heterocycles. The first kappa shape index (κ1) is 21.7. The Morgan fingerprint density at radius 1 is 1.03 bits per heavy atom. The first-order valence-electron chi connectivity index (χ1n) is 10.8. The number of benzene rings is 2. The van der Waals surface area contributed by atoms with Gasteiger partial charge in [0, 0.05) is 45.0 Å². The van der Waals surface area contributed by atoms with Crippen molar-refractivity contribution in [2.45, 2.75) is 6.42 Å². The summed E-state index contributed by atoms with van der Waals surface area (Å²) < 4.78 is 19.9. The summed E-state index contributed by atoms with van der Waals surface area (Å²) in [6.45, 7) is 4.12. The summed E-state index contributed by atoms with van der Waals surface area (Å²) >= 11 is 0. The van der Waals surface area contributed by atoms with Crippen LogP contribution >= 0.6 is 0 Å². The number of hydrogen-bond acceptors (Lipinski definition) is 4. The van der Waals surface area contributed by atoms with Gasteiger partial charge in [-0.25, -0.2) is 4.39 Å². The minimum atomic E-state index is -0.490. The molecule has 1 aliphatic rings. The quantitative estimate of drug-likeness (QED) is 0.520. The Kier molecular flexibility index (Phi) is 7.25. The molecule has 32 heavy (non-hydrogen) atoms. The minimum absolute atomic E-state index is 0.0520. The Balaban J connectivity index is 1.26. The minimum Gasteiger partial charge on any atom is -0.453 e. The van der Waals surface area contributed by atoms with E-state index in [1.807, 2.05) is 11.0 Å². The number of ether oxygens (including phenoxy) is 1. The van der Waals surface area contributed by atoms with Crippen LogP contribution in [0.4, 0.5) is 4.39 Å². The molecule has 1 aliphatic heterocycles. The molecule has 0 spiro atoms. The summed E-state index contributed by atoms with van der Waals surface area (Å²) in [6.07, 6.45) is 7.31. The Hall–Kier alpha value is -3.51. The molecule has 0 radical (unpaired) electrons. The van der Waals surface area contributed by atoms with Crippen LogP contribution in [0.25, 0.3) is 6.08 Å². The lowest BCUT2D eigenvalue weighted by Crippen LogP contribution is -2.48. The molecule has 0 saturated carbocycles. The summed E-state index contributed by atoms with van der Waals surface area (Å²) in [7, 11) is 0.